The summed E-state index contributed by atoms with van der Waals surface area (Å²) in [5.74, 6) is 0.540. The summed E-state index contributed by atoms with van der Waals surface area (Å²) < 4.78 is 1.91. The van der Waals surface area contributed by atoms with Gasteiger partial charge in [0.1, 0.15) is 0 Å². The first-order valence-electron chi connectivity index (χ1n) is 11.0. The lowest BCUT2D eigenvalue weighted by atomic mass is 10.0. The molecule has 3 rings (SSSR count). The highest BCUT2D eigenvalue weighted by molar-refractivity contribution is 7.99. The normalized spacial score (nSPS) is 12.0. The molecule has 0 saturated carbocycles. The zero-order chi connectivity index (χ0) is 25.5. The van der Waals surface area contributed by atoms with Gasteiger partial charge in [0, 0.05) is 22.3 Å². The number of nitrogens with one attached hydrogen (secondary N) is 2. The topological polar surface area (TPSA) is 88.9 Å². The standard InChI is InChI=1S/C24H26Cl3N5O2S/c1-4-32-22(20(10-14(2)3)29-23(34)18-9-8-16(26)12-19(18)27)30-31-24(32)35-13-21(33)28-17-7-5-6-15(25)11-17/h5-9,11-12,14,20H,4,10,13H2,1-3H3,(H,28,33)(H,29,34)/t20-/m1/s1. The Morgan fingerprint density at radius 2 is 1.80 bits per heavy atom. The number of carbonyl (C=O) groups excluding carboxylic acids is 2. The van der Waals surface area contributed by atoms with E-state index in [-0.39, 0.29) is 28.5 Å². The van der Waals surface area contributed by atoms with Gasteiger partial charge < -0.3 is 15.2 Å². The number of amides is 2. The third-order valence-electron chi connectivity index (χ3n) is 5.00. The molecule has 7 nitrogen and oxygen atoms in total. The van der Waals surface area contributed by atoms with Gasteiger partial charge in [0.05, 0.1) is 22.4 Å². The molecule has 0 radical (unpaired) electrons. The Labute approximate surface area is 223 Å². The molecule has 0 saturated heterocycles. The molecule has 0 aliphatic heterocycles. The molecule has 1 heterocycles. The summed E-state index contributed by atoms with van der Waals surface area (Å²) in [5, 5.41) is 16.4. The number of anilines is 1. The lowest BCUT2D eigenvalue weighted by Crippen LogP contribution is -2.31. The number of carbonyl (C=O) groups is 2. The van der Waals surface area contributed by atoms with Crippen molar-refractivity contribution in [2.45, 2.75) is 44.9 Å². The average molecular weight is 555 g/mol. The van der Waals surface area contributed by atoms with E-state index >= 15 is 0 Å². The van der Waals surface area contributed by atoms with Crippen molar-refractivity contribution in [1.29, 1.82) is 0 Å². The van der Waals surface area contributed by atoms with E-state index in [0.29, 0.717) is 45.2 Å². The first kappa shape index (κ1) is 27.3. The predicted molar refractivity (Wildman–Crippen MR) is 143 cm³/mol. The summed E-state index contributed by atoms with van der Waals surface area (Å²) in [6, 6.07) is 11.3. The molecule has 35 heavy (non-hydrogen) atoms. The van der Waals surface area contributed by atoms with Crippen molar-refractivity contribution in [2.75, 3.05) is 11.1 Å². The van der Waals surface area contributed by atoms with Crippen LogP contribution in [0.25, 0.3) is 0 Å². The summed E-state index contributed by atoms with van der Waals surface area (Å²) >= 11 is 19.5. The highest BCUT2D eigenvalue weighted by Gasteiger charge is 2.25. The molecule has 0 bridgehead atoms. The minimum Gasteiger partial charge on any atom is -0.342 e. The van der Waals surface area contributed by atoms with Gasteiger partial charge in [0.25, 0.3) is 5.91 Å². The largest absolute Gasteiger partial charge is 0.342 e. The summed E-state index contributed by atoms with van der Waals surface area (Å²) in [5.41, 5.74) is 0.959. The maximum absolute atomic E-state index is 13.0. The van der Waals surface area contributed by atoms with E-state index in [4.69, 9.17) is 34.8 Å². The highest BCUT2D eigenvalue weighted by Crippen LogP contribution is 2.27. The molecule has 0 aliphatic carbocycles. The van der Waals surface area contributed by atoms with E-state index in [0.717, 1.165) is 0 Å². The van der Waals surface area contributed by atoms with Gasteiger partial charge in [0.2, 0.25) is 5.91 Å². The molecule has 2 amide bonds. The van der Waals surface area contributed by atoms with Crippen LogP contribution in [0.2, 0.25) is 15.1 Å². The Bertz CT molecular complexity index is 1200. The minimum absolute atomic E-state index is 0.145. The first-order chi connectivity index (χ1) is 16.7. The molecule has 1 atom stereocenters. The van der Waals surface area contributed by atoms with Crippen molar-refractivity contribution in [1.82, 2.24) is 20.1 Å². The molecule has 0 unspecified atom stereocenters. The van der Waals surface area contributed by atoms with E-state index in [1.807, 2.05) is 11.5 Å². The minimum atomic E-state index is -0.392. The molecule has 2 aromatic carbocycles. The fourth-order valence-corrected chi connectivity index (χ4v) is 4.96. The number of benzene rings is 2. The second kappa shape index (κ2) is 12.6. The van der Waals surface area contributed by atoms with Gasteiger partial charge >= 0.3 is 0 Å². The van der Waals surface area contributed by atoms with E-state index in [1.165, 1.54) is 17.8 Å². The van der Waals surface area contributed by atoms with Gasteiger partial charge in [-0.3, -0.25) is 9.59 Å². The van der Waals surface area contributed by atoms with Crippen molar-refractivity contribution in [3.63, 3.8) is 0 Å². The lowest BCUT2D eigenvalue weighted by Gasteiger charge is -2.21. The molecule has 11 heteroatoms. The van der Waals surface area contributed by atoms with Crippen LogP contribution >= 0.6 is 46.6 Å². The van der Waals surface area contributed by atoms with Crippen molar-refractivity contribution < 1.29 is 9.59 Å². The van der Waals surface area contributed by atoms with Gasteiger partial charge in [-0.1, -0.05) is 66.5 Å². The Morgan fingerprint density at radius 3 is 2.46 bits per heavy atom. The van der Waals surface area contributed by atoms with Crippen LogP contribution in [0.3, 0.4) is 0 Å². The number of thioether (sulfide) groups is 1. The van der Waals surface area contributed by atoms with Gasteiger partial charge in [0.15, 0.2) is 11.0 Å². The average Bonchev–Trinajstić information content (AvgIpc) is 3.19. The van der Waals surface area contributed by atoms with E-state index in [2.05, 4.69) is 34.7 Å². The van der Waals surface area contributed by atoms with Gasteiger partial charge in [-0.2, -0.15) is 0 Å². The number of nitrogens with zero attached hydrogens (tertiary/aromatic N) is 3. The van der Waals surface area contributed by atoms with Crippen molar-refractivity contribution in [2.24, 2.45) is 5.92 Å². The van der Waals surface area contributed by atoms with E-state index in [9.17, 15) is 9.59 Å². The first-order valence-corrected chi connectivity index (χ1v) is 13.2. The van der Waals surface area contributed by atoms with Crippen LogP contribution < -0.4 is 10.6 Å². The monoisotopic (exact) mass is 553 g/mol. The summed E-state index contributed by atoms with van der Waals surface area (Å²) in [4.78, 5) is 25.4. The van der Waals surface area contributed by atoms with Crippen LogP contribution in [0.5, 0.6) is 0 Å². The van der Waals surface area contributed by atoms with Crippen LogP contribution in [0.1, 0.15) is 49.4 Å². The van der Waals surface area contributed by atoms with E-state index in [1.54, 1.807) is 36.4 Å². The fourth-order valence-electron chi connectivity index (χ4n) is 3.47. The number of rotatable bonds is 10. The third-order valence-corrected chi connectivity index (χ3v) is 6.75. The zero-order valence-electron chi connectivity index (χ0n) is 19.5. The molecule has 1 aromatic heterocycles. The summed E-state index contributed by atoms with van der Waals surface area (Å²) in [6.45, 7) is 6.67. The molecule has 186 valence electrons. The quantitative estimate of drug-likeness (QED) is 0.279. The molecule has 0 fully saturated rings. The summed E-state index contributed by atoms with van der Waals surface area (Å²) in [6.07, 6.45) is 0.648. The van der Waals surface area contributed by atoms with Crippen LogP contribution in [-0.4, -0.2) is 32.3 Å². The zero-order valence-corrected chi connectivity index (χ0v) is 22.6. The van der Waals surface area contributed by atoms with Gasteiger partial charge in [-0.05, 0) is 55.7 Å². The highest BCUT2D eigenvalue weighted by atomic mass is 35.5. The predicted octanol–water partition coefficient (Wildman–Crippen LogP) is 6.51. The van der Waals surface area contributed by atoms with Crippen molar-refractivity contribution in [3.05, 3.63) is 68.9 Å². The SMILES string of the molecule is CCn1c(SCC(=O)Nc2cccc(Cl)c2)nnc1[C@@H](CC(C)C)NC(=O)c1ccc(Cl)cc1Cl. The Balaban J connectivity index is 1.75. The smallest absolute Gasteiger partial charge is 0.253 e. The van der Waals surface area contributed by atoms with Crippen LogP contribution in [0, 0.1) is 5.92 Å². The van der Waals surface area contributed by atoms with Crippen molar-refractivity contribution >= 4 is 64.1 Å². The van der Waals surface area contributed by atoms with Crippen LogP contribution in [0.15, 0.2) is 47.6 Å². The summed E-state index contributed by atoms with van der Waals surface area (Å²) in [7, 11) is 0. The Kier molecular flexibility index (Phi) is 9.86. The molecule has 3 aromatic rings. The van der Waals surface area contributed by atoms with Crippen LogP contribution in [-0.2, 0) is 11.3 Å². The maximum atomic E-state index is 13.0. The maximum Gasteiger partial charge on any atom is 0.253 e. The number of halogens is 3. The molecular formula is C24H26Cl3N5O2S. The third kappa shape index (κ3) is 7.61. The molecular weight excluding hydrogens is 529 g/mol. The van der Waals surface area contributed by atoms with Crippen LogP contribution in [0.4, 0.5) is 5.69 Å². The van der Waals surface area contributed by atoms with Gasteiger partial charge in [-0.25, -0.2) is 0 Å². The molecule has 2 N–H and O–H groups in total. The number of aromatic nitrogens is 3. The van der Waals surface area contributed by atoms with Crippen molar-refractivity contribution in [3.8, 4) is 0 Å². The second-order valence-corrected chi connectivity index (χ2v) is 10.4. The fraction of sp³-hybridized carbons (Fsp3) is 0.333. The van der Waals surface area contributed by atoms with E-state index < -0.39 is 6.04 Å². The number of hydrogen-bond acceptors (Lipinski definition) is 5. The lowest BCUT2D eigenvalue weighted by molar-refractivity contribution is -0.113. The second-order valence-electron chi connectivity index (χ2n) is 8.21. The molecule has 0 aliphatic rings. The Morgan fingerprint density at radius 1 is 1.06 bits per heavy atom. The molecule has 0 spiro atoms. The Hall–Kier alpha value is -2.26. The van der Waals surface area contributed by atoms with Gasteiger partial charge in [-0.15, -0.1) is 10.2 Å². The number of hydrogen-bond donors (Lipinski definition) is 2.